The highest BCUT2D eigenvalue weighted by molar-refractivity contribution is 5.19. The van der Waals surface area contributed by atoms with Crippen molar-refractivity contribution in [3.05, 3.63) is 71.8 Å². The predicted octanol–water partition coefficient (Wildman–Crippen LogP) is 3.83. The molecule has 0 unspecified atom stereocenters. The minimum atomic E-state index is 0.333. The highest BCUT2D eigenvalue weighted by atomic mass is 14.6. The minimum Gasteiger partial charge on any atom is -0.328 e. The van der Waals surface area contributed by atoms with Crippen LogP contribution in [0.4, 0.5) is 0 Å². The summed E-state index contributed by atoms with van der Waals surface area (Å²) in [6.45, 7) is 3.89. The fourth-order valence-corrected chi connectivity index (χ4v) is 1.58. The van der Waals surface area contributed by atoms with Crippen LogP contribution in [0.25, 0.3) is 0 Å². The molecule has 1 nitrogen and oxygen atoms in total. The molecule has 2 rings (SSSR count). The van der Waals surface area contributed by atoms with Gasteiger partial charge < -0.3 is 5.73 Å². The third-order valence-electron chi connectivity index (χ3n) is 2.39. The zero-order valence-corrected chi connectivity index (χ0v) is 11.3. The molecule has 0 atom stereocenters. The van der Waals surface area contributed by atoms with E-state index in [2.05, 4.69) is 60.7 Å². The number of hydrogen-bond donors (Lipinski definition) is 1. The Morgan fingerprint density at radius 2 is 1.00 bits per heavy atom. The zero-order chi connectivity index (χ0) is 13.2. The van der Waals surface area contributed by atoms with E-state index in [-0.39, 0.29) is 0 Å². The van der Waals surface area contributed by atoms with Gasteiger partial charge in [0.1, 0.15) is 0 Å². The van der Waals surface area contributed by atoms with Crippen LogP contribution >= 0.6 is 0 Å². The Labute approximate surface area is 111 Å². The second-order valence-corrected chi connectivity index (χ2v) is 4.72. The molecule has 0 heterocycles. The van der Waals surface area contributed by atoms with Gasteiger partial charge in [-0.15, -0.1) is 0 Å². The summed E-state index contributed by atoms with van der Waals surface area (Å²) in [6.07, 6.45) is 2.26. The molecule has 0 bridgehead atoms. The molecule has 96 valence electrons. The molecule has 0 aliphatic rings. The molecule has 0 saturated heterocycles. The number of nitrogens with two attached hydrogens (primary N) is 1. The first kappa shape index (κ1) is 14.5. The Balaban J connectivity index is 0.000000357. The van der Waals surface area contributed by atoms with E-state index in [1.54, 1.807) is 0 Å². The summed E-state index contributed by atoms with van der Waals surface area (Å²) in [6, 6.07) is 21.6. The normalized spacial score (nSPS) is 9.78. The van der Waals surface area contributed by atoms with Gasteiger partial charge in [-0.1, -0.05) is 74.5 Å². The molecule has 0 aliphatic heterocycles. The van der Waals surface area contributed by atoms with E-state index in [0.717, 1.165) is 12.8 Å². The van der Waals surface area contributed by atoms with Gasteiger partial charge in [-0.2, -0.15) is 0 Å². The van der Waals surface area contributed by atoms with E-state index in [1.165, 1.54) is 11.1 Å². The summed E-state index contributed by atoms with van der Waals surface area (Å²) in [5.74, 6) is 0. The van der Waals surface area contributed by atoms with Gasteiger partial charge in [0.05, 0.1) is 0 Å². The molecule has 0 radical (unpaired) electrons. The van der Waals surface area contributed by atoms with Crippen molar-refractivity contribution < 1.29 is 0 Å². The standard InChI is InChI=1S/C14H14.C3H9N/c1-3-7-13(8-4-1)11-12-14-9-5-2-6-10-14;1-3(2)4/h1-10H,11-12H2;3H,4H2,1-2H3. The highest BCUT2D eigenvalue weighted by Gasteiger charge is 1.93. The van der Waals surface area contributed by atoms with Crippen LogP contribution in [-0.2, 0) is 12.8 Å². The third kappa shape index (κ3) is 6.87. The maximum atomic E-state index is 5.11. The minimum absolute atomic E-state index is 0.333. The molecular weight excluding hydrogens is 218 g/mol. The summed E-state index contributed by atoms with van der Waals surface area (Å²) in [5.41, 5.74) is 7.94. The van der Waals surface area contributed by atoms with Gasteiger partial charge in [0, 0.05) is 0 Å². The first-order chi connectivity index (χ1) is 8.68. The van der Waals surface area contributed by atoms with Gasteiger partial charge in [0.25, 0.3) is 0 Å². The van der Waals surface area contributed by atoms with Crippen LogP contribution in [0.1, 0.15) is 25.0 Å². The van der Waals surface area contributed by atoms with Gasteiger partial charge in [0.15, 0.2) is 0 Å². The molecule has 1 heteroatoms. The SMILES string of the molecule is CC(C)N.c1ccc(CCc2ccccc2)cc1. The lowest BCUT2D eigenvalue weighted by atomic mass is 10.0. The molecule has 0 spiro atoms. The van der Waals surface area contributed by atoms with E-state index in [0.29, 0.717) is 6.04 Å². The van der Waals surface area contributed by atoms with Crippen molar-refractivity contribution >= 4 is 0 Å². The van der Waals surface area contributed by atoms with Crippen LogP contribution in [0, 0.1) is 0 Å². The smallest absolute Gasteiger partial charge is 0.00179 e. The molecule has 0 aliphatic carbocycles. The molecule has 0 saturated carbocycles. The number of hydrogen-bond acceptors (Lipinski definition) is 1. The van der Waals surface area contributed by atoms with E-state index in [4.69, 9.17) is 5.73 Å². The van der Waals surface area contributed by atoms with Gasteiger partial charge in [-0.05, 0) is 30.0 Å². The van der Waals surface area contributed by atoms with Crippen LogP contribution in [0.15, 0.2) is 60.7 Å². The number of aryl methyl sites for hydroxylation is 2. The topological polar surface area (TPSA) is 26.0 Å². The molecule has 0 fully saturated rings. The van der Waals surface area contributed by atoms with Crippen LogP contribution < -0.4 is 5.73 Å². The van der Waals surface area contributed by atoms with Crippen LogP contribution in [0.5, 0.6) is 0 Å². The van der Waals surface area contributed by atoms with Gasteiger partial charge in [0.2, 0.25) is 0 Å². The largest absolute Gasteiger partial charge is 0.328 e. The van der Waals surface area contributed by atoms with Gasteiger partial charge in [-0.25, -0.2) is 0 Å². The maximum Gasteiger partial charge on any atom is -0.00179 e. The maximum absolute atomic E-state index is 5.11. The molecule has 18 heavy (non-hydrogen) atoms. The molecule has 2 aromatic rings. The quantitative estimate of drug-likeness (QED) is 0.868. The summed E-state index contributed by atoms with van der Waals surface area (Å²) in [7, 11) is 0. The fourth-order valence-electron chi connectivity index (χ4n) is 1.58. The lowest BCUT2D eigenvalue weighted by molar-refractivity contribution is 0.834. The van der Waals surface area contributed by atoms with E-state index >= 15 is 0 Å². The molecular formula is C17H23N. The van der Waals surface area contributed by atoms with Crippen LogP contribution in [0.3, 0.4) is 0 Å². The summed E-state index contributed by atoms with van der Waals surface area (Å²) in [5, 5.41) is 0. The second kappa shape index (κ2) is 8.48. The Morgan fingerprint density at radius 1 is 0.722 bits per heavy atom. The Bertz CT molecular complexity index is 364. The van der Waals surface area contributed by atoms with Crippen molar-refractivity contribution in [2.45, 2.75) is 32.7 Å². The third-order valence-corrected chi connectivity index (χ3v) is 2.39. The monoisotopic (exact) mass is 241 g/mol. The molecule has 2 aromatic carbocycles. The van der Waals surface area contributed by atoms with Crippen molar-refractivity contribution in [3.63, 3.8) is 0 Å². The van der Waals surface area contributed by atoms with Crippen LogP contribution in [-0.4, -0.2) is 6.04 Å². The Morgan fingerprint density at radius 3 is 1.28 bits per heavy atom. The predicted molar refractivity (Wildman–Crippen MR) is 79.6 cm³/mol. The van der Waals surface area contributed by atoms with E-state index in [1.807, 2.05) is 13.8 Å². The average molecular weight is 241 g/mol. The first-order valence-electron chi connectivity index (χ1n) is 6.52. The second-order valence-electron chi connectivity index (χ2n) is 4.72. The summed E-state index contributed by atoms with van der Waals surface area (Å²) >= 11 is 0. The van der Waals surface area contributed by atoms with E-state index < -0.39 is 0 Å². The Hall–Kier alpha value is -1.60. The van der Waals surface area contributed by atoms with Crippen molar-refractivity contribution in [1.82, 2.24) is 0 Å². The summed E-state index contributed by atoms with van der Waals surface area (Å²) < 4.78 is 0. The van der Waals surface area contributed by atoms with Gasteiger partial charge in [-0.3, -0.25) is 0 Å². The van der Waals surface area contributed by atoms with Crippen molar-refractivity contribution in [1.29, 1.82) is 0 Å². The van der Waals surface area contributed by atoms with E-state index in [9.17, 15) is 0 Å². The highest BCUT2D eigenvalue weighted by Crippen LogP contribution is 2.06. The lowest BCUT2D eigenvalue weighted by Gasteiger charge is -2.01. The fraction of sp³-hybridized carbons (Fsp3) is 0.294. The average Bonchev–Trinajstić information content (AvgIpc) is 2.38. The lowest BCUT2D eigenvalue weighted by Crippen LogP contribution is -2.06. The van der Waals surface area contributed by atoms with Crippen molar-refractivity contribution in [3.8, 4) is 0 Å². The van der Waals surface area contributed by atoms with Crippen LogP contribution in [0.2, 0.25) is 0 Å². The molecule has 0 amide bonds. The summed E-state index contributed by atoms with van der Waals surface area (Å²) in [4.78, 5) is 0. The van der Waals surface area contributed by atoms with Gasteiger partial charge >= 0.3 is 0 Å². The Kier molecular flexibility index (Phi) is 6.82. The first-order valence-corrected chi connectivity index (χ1v) is 6.52. The zero-order valence-electron chi connectivity index (χ0n) is 11.3. The molecule has 2 N–H and O–H groups in total. The van der Waals surface area contributed by atoms with Crippen molar-refractivity contribution in [2.75, 3.05) is 0 Å². The number of benzene rings is 2. The number of rotatable bonds is 3. The van der Waals surface area contributed by atoms with Crippen molar-refractivity contribution in [2.24, 2.45) is 5.73 Å². The molecule has 0 aromatic heterocycles.